The molecule has 0 fully saturated rings. The van der Waals surface area contributed by atoms with Crippen LogP contribution in [0.4, 0.5) is 0 Å². The van der Waals surface area contributed by atoms with Crippen LogP contribution in [-0.4, -0.2) is 38.5 Å². The standard InChI is InChI=1S/C31H43N5O3/c1-3-4-5-6-19-34-35-22-11-30(16-27-39)28(14-25-37)9-20-32-17-7-8-18-33-21-10-29(15-26-38)31-12-23-36(2)24-13-31/h9-16,20-27,33H,3-8,17-19H2,1-2H3,(H2,32,37,38)/p+1. The van der Waals surface area contributed by atoms with Gasteiger partial charge in [0.15, 0.2) is 12.4 Å². The second-order valence-electron chi connectivity index (χ2n) is 8.77. The third-order valence-corrected chi connectivity index (χ3v) is 5.65. The number of hydrogen-bond acceptors (Lipinski definition) is 7. The molecule has 0 aliphatic rings. The van der Waals surface area contributed by atoms with Crippen molar-refractivity contribution in [2.24, 2.45) is 7.05 Å². The summed E-state index contributed by atoms with van der Waals surface area (Å²) >= 11 is 0. The van der Waals surface area contributed by atoms with Gasteiger partial charge in [-0.05, 0) is 90.4 Å². The number of nitrogens with one attached hydrogen (secondary N) is 4. The van der Waals surface area contributed by atoms with Gasteiger partial charge in [0.05, 0.1) is 0 Å². The molecule has 8 heteroatoms. The van der Waals surface area contributed by atoms with E-state index in [2.05, 4.69) is 28.4 Å². The number of pyridine rings is 1. The zero-order valence-corrected chi connectivity index (χ0v) is 23.3. The first kappa shape index (κ1) is 33.0. The number of unbranched alkanes of at least 4 members (excludes halogenated alkanes) is 4. The summed E-state index contributed by atoms with van der Waals surface area (Å²) in [4.78, 5) is 33.2. The number of carbonyl (C=O) groups excluding carboxylic acids is 3. The summed E-state index contributed by atoms with van der Waals surface area (Å²) in [6.07, 6.45) is 27.9. The fourth-order valence-electron chi connectivity index (χ4n) is 3.48. The molecule has 0 aliphatic carbocycles. The summed E-state index contributed by atoms with van der Waals surface area (Å²) in [6.45, 7) is 4.60. The molecular weight excluding hydrogens is 490 g/mol. The van der Waals surface area contributed by atoms with Crippen molar-refractivity contribution in [3.63, 3.8) is 0 Å². The van der Waals surface area contributed by atoms with Gasteiger partial charge in [0.25, 0.3) is 0 Å². The smallest absolute Gasteiger partial charge is 0.169 e. The Morgan fingerprint density at radius 2 is 1.28 bits per heavy atom. The van der Waals surface area contributed by atoms with E-state index < -0.39 is 0 Å². The Hall–Kier alpha value is -4.04. The minimum absolute atomic E-state index is 0.624. The van der Waals surface area contributed by atoms with Crippen molar-refractivity contribution in [3.8, 4) is 0 Å². The zero-order chi connectivity index (χ0) is 28.4. The quantitative estimate of drug-likeness (QED) is 0.0451. The lowest BCUT2D eigenvalue weighted by Gasteiger charge is -2.06. The number of aryl methyl sites for hydroxylation is 1. The van der Waals surface area contributed by atoms with Crippen LogP contribution in [0, 0.1) is 0 Å². The highest BCUT2D eigenvalue weighted by atomic mass is 16.1. The number of hydrogen-bond donors (Lipinski definition) is 4. The average Bonchev–Trinajstić information content (AvgIpc) is 2.94. The van der Waals surface area contributed by atoms with Crippen molar-refractivity contribution in [1.29, 1.82) is 0 Å². The molecule has 0 saturated carbocycles. The van der Waals surface area contributed by atoms with E-state index in [4.69, 9.17) is 0 Å². The normalized spacial score (nSPS) is 12.8. The lowest BCUT2D eigenvalue weighted by molar-refractivity contribution is -0.671. The van der Waals surface area contributed by atoms with Crippen LogP contribution in [-0.2, 0) is 21.4 Å². The third-order valence-electron chi connectivity index (χ3n) is 5.65. The number of rotatable bonds is 22. The first-order valence-corrected chi connectivity index (χ1v) is 13.5. The highest BCUT2D eigenvalue weighted by molar-refractivity contribution is 5.86. The predicted octanol–water partition coefficient (Wildman–Crippen LogP) is 3.52. The number of aromatic nitrogens is 1. The number of hydrazine groups is 1. The van der Waals surface area contributed by atoms with Gasteiger partial charge in [-0.3, -0.25) is 14.4 Å². The maximum Gasteiger partial charge on any atom is 0.169 e. The van der Waals surface area contributed by atoms with Gasteiger partial charge in [0.2, 0.25) is 0 Å². The van der Waals surface area contributed by atoms with E-state index in [1.807, 2.05) is 48.4 Å². The van der Waals surface area contributed by atoms with Crippen LogP contribution in [0.3, 0.4) is 0 Å². The average molecular weight is 535 g/mol. The second kappa shape index (κ2) is 23.1. The molecule has 0 radical (unpaired) electrons. The van der Waals surface area contributed by atoms with Gasteiger partial charge in [0, 0.05) is 38.0 Å². The molecule has 0 unspecified atom stereocenters. The molecule has 1 aromatic rings. The fourth-order valence-corrected chi connectivity index (χ4v) is 3.48. The van der Waals surface area contributed by atoms with Crippen LogP contribution in [0.1, 0.15) is 51.0 Å². The molecule has 0 aromatic carbocycles. The van der Waals surface area contributed by atoms with Crippen molar-refractivity contribution in [3.05, 3.63) is 96.3 Å². The summed E-state index contributed by atoms with van der Waals surface area (Å²) in [7, 11) is 1.95. The number of nitrogens with zero attached hydrogens (tertiary/aromatic N) is 1. The van der Waals surface area contributed by atoms with Gasteiger partial charge >= 0.3 is 0 Å². The molecule has 1 aromatic heterocycles. The molecule has 1 rings (SSSR count). The molecule has 0 saturated heterocycles. The van der Waals surface area contributed by atoms with Crippen LogP contribution in [0.25, 0.3) is 5.57 Å². The number of aldehydes is 3. The summed E-state index contributed by atoms with van der Waals surface area (Å²) in [5, 5.41) is 6.48. The van der Waals surface area contributed by atoms with Crippen LogP contribution in [0.5, 0.6) is 0 Å². The Labute approximate surface area is 233 Å². The molecule has 0 aliphatic heterocycles. The summed E-state index contributed by atoms with van der Waals surface area (Å²) in [5.41, 5.74) is 9.19. The van der Waals surface area contributed by atoms with Gasteiger partial charge < -0.3 is 16.1 Å². The Balaban J connectivity index is 2.39. The van der Waals surface area contributed by atoms with Gasteiger partial charge in [-0.25, -0.2) is 9.99 Å². The van der Waals surface area contributed by atoms with Crippen molar-refractivity contribution in [2.75, 3.05) is 19.6 Å². The van der Waals surface area contributed by atoms with E-state index in [9.17, 15) is 14.4 Å². The van der Waals surface area contributed by atoms with Gasteiger partial charge in [-0.1, -0.05) is 26.2 Å². The maximum atomic E-state index is 11.1. The maximum absolute atomic E-state index is 11.1. The lowest BCUT2D eigenvalue weighted by Crippen LogP contribution is -2.27. The van der Waals surface area contributed by atoms with Gasteiger partial charge in [-0.2, -0.15) is 0 Å². The first-order valence-electron chi connectivity index (χ1n) is 13.5. The van der Waals surface area contributed by atoms with E-state index in [1.165, 1.54) is 31.4 Å². The molecule has 4 N–H and O–H groups in total. The molecular formula is C31H44N5O3+. The van der Waals surface area contributed by atoms with Crippen molar-refractivity contribution in [1.82, 2.24) is 21.5 Å². The summed E-state index contributed by atoms with van der Waals surface area (Å²) < 4.78 is 1.94. The Bertz CT molecular complexity index is 1020. The Kier molecular flexibility index (Phi) is 19.5. The van der Waals surface area contributed by atoms with E-state index >= 15 is 0 Å². The fraction of sp³-hybridized carbons (Fsp3) is 0.355. The van der Waals surface area contributed by atoms with Crippen LogP contribution in [0.15, 0.2) is 90.7 Å². The van der Waals surface area contributed by atoms with Crippen molar-refractivity contribution < 1.29 is 19.0 Å². The predicted molar refractivity (Wildman–Crippen MR) is 158 cm³/mol. The zero-order valence-electron chi connectivity index (χ0n) is 23.3. The minimum Gasteiger partial charge on any atom is -0.391 e. The Morgan fingerprint density at radius 3 is 1.87 bits per heavy atom. The number of allylic oxidation sites excluding steroid dienone is 9. The van der Waals surface area contributed by atoms with Gasteiger partial charge in [0.1, 0.15) is 25.9 Å². The van der Waals surface area contributed by atoms with Gasteiger partial charge in [-0.15, -0.1) is 0 Å². The van der Waals surface area contributed by atoms with E-state index in [-0.39, 0.29) is 0 Å². The molecule has 0 spiro atoms. The van der Waals surface area contributed by atoms with E-state index in [0.717, 1.165) is 56.3 Å². The van der Waals surface area contributed by atoms with Crippen LogP contribution < -0.4 is 26.1 Å². The minimum atomic E-state index is 0.624. The molecule has 0 amide bonds. The highest BCUT2D eigenvalue weighted by Crippen LogP contribution is 2.13. The summed E-state index contributed by atoms with van der Waals surface area (Å²) in [6, 6.07) is 3.93. The summed E-state index contributed by atoms with van der Waals surface area (Å²) in [5.74, 6) is 0. The molecule has 1 heterocycles. The molecule has 8 nitrogen and oxygen atoms in total. The molecule has 210 valence electrons. The number of carbonyl (C=O) groups is 3. The topological polar surface area (TPSA) is 103 Å². The molecule has 0 bridgehead atoms. The molecule has 39 heavy (non-hydrogen) atoms. The van der Waals surface area contributed by atoms with E-state index in [1.54, 1.807) is 30.6 Å². The van der Waals surface area contributed by atoms with Crippen molar-refractivity contribution >= 4 is 24.4 Å². The van der Waals surface area contributed by atoms with Crippen LogP contribution >= 0.6 is 0 Å². The second-order valence-corrected chi connectivity index (χ2v) is 8.77. The highest BCUT2D eigenvalue weighted by Gasteiger charge is 2.00. The Morgan fingerprint density at radius 1 is 0.718 bits per heavy atom. The van der Waals surface area contributed by atoms with E-state index in [0.29, 0.717) is 23.7 Å². The lowest BCUT2D eigenvalue weighted by atomic mass is 10.1. The SMILES string of the molecule is CCCCCCNNC=CC(=CC=O)C(C=CNCCCCNC=CC(=CC=O)c1cc[n+](C)cc1)=CC=O. The molecule has 0 atom stereocenters. The third kappa shape index (κ3) is 16.4. The van der Waals surface area contributed by atoms with Crippen LogP contribution in [0.2, 0.25) is 0 Å². The monoisotopic (exact) mass is 534 g/mol. The first-order chi connectivity index (χ1) is 19.2. The van der Waals surface area contributed by atoms with Crippen molar-refractivity contribution in [2.45, 2.75) is 45.4 Å². The largest absolute Gasteiger partial charge is 0.391 e.